The number of hydrogen-bond acceptors (Lipinski definition) is 0. The van der Waals surface area contributed by atoms with E-state index in [0.29, 0.717) is 0 Å². The van der Waals surface area contributed by atoms with E-state index in [1.54, 1.807) is 0 Å². The van der Waals surface area contributed by atoms with E-state index in [1.165, 1.54) is 31.8 Å². The third-order valence-corrected chi connectivity index (χ3v) is 5.50. The van der Waals surface area contributed by atoms with Crippen molar-refractivity contribution < 1.29 is 0 Å². The predicted molar refractivity (Wildman–Crippen MR) is 73.2 cm³/mol. The van der Waals surface area contributed by atoms with E-state index in [9.17, 15) is 0 Å². The minimum Gasteiger partial charge on any atom is -0.137 e. The monoisotopic (exact) mass is 228 g/mol. The molecule has 0 saturated heterocycles. The summed E-state index contributed by atoms with van der Waals surface area (Å²) in [5.41, 5.74) is 0. The number of rotatable bonds is 6. The van der Waals surface area contributed by atoms with E-state index in [0.717, 1.165) is 29.6 Å². The van der Waals surface area contributed by atoms with Gasteiger partial charge in [-0.3, -0.25) is 0 Å². The van der Waals surface area contributed by atoms with Crippen LogP contribution >= 0.6 is 9.24 Å². The lowest BCUT2D eigenvalue weighted by atomic mass is 9.58. The summed E-state index contributed by atoms with van der Waals surface area (Å²) in [6.07, 6.45) is 6.97. The summed E-state index contributed by atoms with van der Waals surface area (Å²) in [6, 6.07) is 0. The fourth-order valence-electron chi connectivity index (χ4n) is 3.48. The molecule has 0 nitrogen and oxygen atoms in total. The summed E-state index contributed by atoms with van der Waals surface area (Å²) in [4.78, 5) is 0. The van der Waals surface area contributed by atoms with Crippen LogP contribution in [-0.4, -0.2) is 6.16 Å². The highest BCUT2D eigenvalue weighted by molar-refractivity contribution is 7.16. The lowest BCUT2D eigenvalue weighted by Gasteiger charge is -2.48. The number of hydrogen-bond donors (Lipinski definition) is 0. The minimum atomic E-state index is 0.945. The van der Waals surface area contributed by atoms with Crippen molar-refractivity contribution in [3.8, 4) is 0 Å². The van der Waals surface area contributed by atoms with Crippen LogP contribution in [0, 0.1) is 29.6 Å². The fourth-order valence-corrected chi connectivity index (χ4v) is 4.15. The zero-order chi connectivity index (χ0) is 11.4. The van der Waals surface area contributed by atoms with Crippen LogP contribution in [0.25, 0.3) is 0 Å². The first-order valence-corrected chi connectivity index (χ1v) is 7.67. The second-order valence-corrected chi connectivity index (χ2v) is 6.04. The largest absolute Gasteiger partial charge is 0.137 e. The molecule has 0 heterocycles. The Morgan fingerprint density at radius 1 is 1.33 bits per heavy atom. The molecule has 0 radical (unpaired) electrons. The maximum absolute atomic E-state index is 2.96. The Bertz CT molecular complexity index is 178. The molecule has 0 aromatic carbocycles. The van der Waals surface area contributed by atoms with Gasteiger partial charge in [0.25, 0.3) is 0 Å². The maximum Gasteiger partial charge on any atom is -0.0350 e. The summed E-state index contributed by atoms with van der Waals surface area (Å²) in [6.45, 7) is 9.64. The van der Waals surface area contributed by atoms with Crippen molar-refractivity contribution >= 4 is 9.24 Å². The van der Waals surface area contributed by atoms with Crippen molar-refractivity contribution in [2.24, 2.45) is 29.6 Å². The van der Waals surface area contributed by atoms with Crippen LogP contribution in [0.5, 0.6) is 0 Å². The molecule has 0 spiro atoms. The van der Waals surface area contributed by atoms with Crippen molar-refractivity contribution in [2.75, 3.05) is 6.16 Å². The summed E-state index contributed by atoms with van der Waals surface area (Å²) < 4.78 is 0. The Morgan fingerprint density at radius 2 is 2.00 bits per heavy atom. The molecular weight excluding hydrogens is 199 g/mol. The Hall–Kier alpha value is 0.430. The molecule has 1 aliphatic carbocycles. The molecule has 1 rings (SSSR count). The zero-order valence-electron chi connectivity index (χ0n) is 11.0. The molecule has 0 aliphatic heterocycles. The maximum atomic E-state index is 2.96. The van der Waals surface area contributed by atoms with Crippen LogP contribution in [-0.2, 0) is 0 Å². The summed E-state index contributed by atoms with van der Waals surface area (Å²) in [5.74, 6) is 4.93. The average molecular weight is 228 g/mol. The smallest absolute Gasteiger partial charge is 0.0350 e. The Kier molecular flexibility index (Phi) is 5.61. The van der Waals surface area contributed by atoms with E-state index in [2.05, 4.69) is 36.9 Å². The Labute approximate surface area is 98.8 Å². The van der Waals surface area contributed by atoms with Crippen molar-refractivity contribution in [1.29, 1.82) is 0 Å². The first kappa shape index (κ1) is 13.5. The molecule has 0 N–H and O–H groups in total. The lowest BCUT2D eigenvalue weighted by molar-refractivity contribution is 0.0192. The van der Waals surface area contributed by atoms with Gasteiger partial charge in [-0.25, -0.2) is 0 Å². The quantitative estimate of drug-likeness (QED) is 0.583. The Balaban J connectivity index is 2.43. The van der Waals surface area contributed by atoms with Crippen molar-refractivity contribution in [3.05, 3.63) is 0 Å². The highest BCUT2D eigenvalue weighted by atomic mass is 31.0. The first-order chi connectivity index (χ1) is 7.15. The van der Waals surface area contributed by atoms with E-state index in [1.807, 2.05) is 0 Å². The van der Waals surface area contributed by atoms with Gasteiger partial charge < -0.3 is 0 Å². The molecule has 6 atom stereocenters. The van der Waals surface area contributed by atoms with Gasteiger partial charge in [0.2, 0.25) is 0 Å². The normalized spacial score (nSPS) is 34.6. The first-order valence-electron chi connectivity index (χ1n) is 6.85. The highest BCUT2D eigenvalue weighted by Crippen LogP contribution is 2.48. The van der Waals surface area contributed by atoms with Gasteiger partial charge in [0, 0.05) is 0 Å². The molecular formula is C14H29P. The minimum absolute atomic E-state index is 0.945. The van der Waals surface area contributed by atoms with Gasteiger partial charge in [0.1, 0.15) is 0 Å². The van der Waals surface area contributed by atoms with Gasteiger partial charge in [-0.2, -0.15) is 0 Å². The second kappa shape index (κ2) is 6.24. The zero-order valence-corrected chi connectivity index (χ0v) is 12.2. The molecule has 0 aromatic rings. The fraction of sp³-hybridized carbons (Fsp3) is 1.00. The molecule has 1 fully saturated rings. The average Bonchev–Trinajstić information content (AvgIpc) is 2.24. The molecule has 6 unspecified atom stereocenters. The van der Waals surface area contributed by atoms with Crippen LogP contribution in [0.1, 0.15) is 53.4 Å². The Morgan fingerprint density at radius 3 is 2.40 bits per heavy atom. The van der Waals surface area contributed by atoms with Gasteiger partial charge >= 0.3 is 0 Å². The van der Waals surface area contributed by atoms with Crippen molar-refractivity contribution in [1.82, 2.24) is 0 Å². The third kappa shape index (κ3) is 2.96. The second-order valence-electron chi connectivity index (χ2n) is 5.57. The summed E-state index contributed by atoms with van der Waals surface area (Å²) in [7, 11) is 2.96. The molecule has 1 saturated carbocycles. The molecule has 0 bridgehead atoms. The van der Waals surface area contributed by atoms with Crippen LogP contribution in [0.3, 0.4) is 0 Å². The van der Waals surface area contributed by atoms with E-state index in [-0.39, 0.29) is 0 Å². The molecule has 0 amide bonds. The van der Waals surface area contributed by atoms with Crippen LogP contribution in [0.2, 0.25) is 0 Å². The van der Waals surface area contributed by atoms with Crippen molar-refractivity contribution in [3.63, 3.8) is 0 Å². The van der Waals surface area contributed by atoms with E-state index in [4.69, 9.17) is 0 Å². The predicted octanol–water partition coefficient (Wildman–Crippen LogP) is 4.60. The van der Waals surface area contributed by atoms with Crippen LogP contribution in [0.4, 0.5) is 0 Å². The summed E-state index contributed by atoms with van der Waals surface area (Å²) in [5, 5.41) is 0. The highest BCUT2D eigenvalue weighted by Gasteiger charge is 2.40. The molecule has 0 aromatic heterocycles. The van der Waals surface area contributed by atoms with Crippen molar-refractivity contribution in [2.45, 2.75) is 53.4 Å². The third-order valence-electron chi connectivity index (χ3n) is 4.90. The van der Waals surface area contributed by atoms with Crippen LogP contribution < -0.4 is 0 Å². The topological polar surface area (TPSA) is 0 Å². The SMILES string of the molecule is CCCC(CP)C(C)C1CC(CC)C1C. The van der Waals surface area contributed by atoms with E-state index >= 15 is 0 Å². The molecule has 1 heteroatoms. The summed E-state index contributed by atoms with van der Waals surface area (Å²) >= 11 is 0. The lowest BCUT2D eigenvalue weighted by Crippen LogP contribution is -2.40. The molecule has 15 heavy (non-hydrogen) atoms. The van der Waals surface area contributed by atoms with Gasteiger partial charge in [-0.1, -0.05) is 47.0 Å². The van der Waals surface area contributed by atoms with Crippen LogP contribution in [0.15, 0.2) is 0 Å². The van der Waals surface area contributed by atoms with E-state index < -0.39 is 0 Å². The van der Waals surface area contributed by atoms with Gasteiger partial charge in [0.15, 0.2) is 0 Å². The molecule has 90 valence electrons. The molecule has 1 aliphatic rings. The van der Waals surface area contributed by atoms with Gasteiger partial charge in [-0.15, -0.1) is 9.24 Å². The van der Waals surface area contributed by atoms with Gasteiger partial charge in [0.05, 0.1) is 0 Å². The van der Waals surface area contributed by atoms with Gasteiger partial charge in [-0.05, 0) is 42.2 Å². The standard InChI is InChI=1S/C14H29P/c1-5-7-13(9-15)11(4)14-8-12(6-2)10(14)3/h10-14H,5-9,15H2,1-4H3.